The number of hydrogen-bond donors (Lipinski definition) is 0. The topological polar surface area (TPSA) is 69.4 Å². The fourth-order valence-electron chi connectivity index (χ4n) is 3.85. The van der Waals surface area contributed by atoms with E-state index in [-0.39, 0.29) is 23.6 Å². The molecule has 3 rings (SSSR count). The highest BCUT2D eigenvalue weighted by Crippen LogP contribution is 2.28. The second-order valence-corrected chi connectivity index (χ2v) is 7.73. The van der Waals surface area contributed by atoms with Gasteiger partial charge < -0.3 is 9.64 Å². The predicted molar refractivity (Wildman–Crippen MR) is 108 cm³/mol. The Hall–Kier alpha value is -2.57. The number of carbonyl (C=O) groups is 1. The van der Waals surface area contributed by atoms with Gasteiger partial charge in [0.15, 0.2) is 0 Å². The molecule has 0 unspecified atom stereocenters. The zero-order valence-corrected chi connectivity index (χ0v) is 17.2. The van der Waals surface area contributed by atoms with Crippen LogP contribution in [0.25, 0.3) is 0 Å². The second kappa shape index (κ2) is 8.63. The zero-order chi connectivity index (χ0) is 20.3. The van der Waals surface area contributed by atoms with E-state index in [2.05, 4.69) is 5.10 Å². The van der Waals surface area contributed by atoms with E-state index >= 15 is 0 Å². The lowest BCUT2D eigenvalue weighted by Gasteiger charge is -2.32. The number of methoxy groups -OCH3 is 1. The lowest BCUT2D eigenvalue weighted by atomic mass is 9.95. The van der Waals surface area contributed by atoms with E-state index in [9.17, 15) is 9.59 Å². The maximum absolute atomic E-state index is 12.6. The molecule has 0 radical (unpaired) electrons. The first-order valence-corrected chi connectivity index (χ1v) is 9.96. The molecule has 1 aliphatic rings. The van der Waals surface area contributed by atoms with Crippen molar-refractivity contribution in [1.29, 1.82) is 0 Å². The number of carbonyl (C=O) groups excluding carboxylic acids is 1. The molecule has 1 aliphatic heterocycles. The molecule has 1 aromatic carbocycles. The fourth-order valence-corrected chi connectivity index (χ4v) is 3.85. The fraction of sp³-hybridized carbons (Fsp3) is 0.571. The van der Waals surface area contributed by atoms with Crippen LogP contribution in [0.4, 0.5) is 0 Å². The number of rotatable bonds is 6. The van der Waals surface area contributed by atoms with E-state index in [1.165, 1.54) is 4.68 Å². The van der Waals surface area contributed by atoms with E-state index < -0.39 is 0 Å². The summed E-state index contributed by atoms with van der Waals surface area (Å²) in [6.07, 6.45) is 2.93. The molecule has 1 amide bonds. The van der Waals surface area contributed by atoms with E-state index in [1.54, 1.807) is 18.7 Å². The van der Waals surface area contributed by atoms with Gasteiger partial charge in [-0.25, -0.2) is 9.48 Å². The van der Waals surface area contributed by atoms with Gasteiger partial charge in [0.05, 0.1) is 7.11 Å². The molecule has 0 N–H and O–H groups in total. The lowest BCUT2D eigenvalue weighted by Crippen LogP contribution is -2.38. The summed E-state index contributed by atoms with van der Waals surface area (Å²) in [7, 11) is 3.34. The van der Waals surface area contributed by atoms with E-state index in [1.807, 2.05) is 43.0 Å². The summed E-state index contributed by atoms with van der Waals surface area (Å²) >= 11 is 0. The minimum Gasteiger partial charge on any atom is -0.497 e. The number of ether oxygens (including phenoxy) is 1. The molecule has 1 saturated heterocycles. The smallest absolute Gasteiger partial charge is 0.345 e. The summed E-state index contributed by atoms with van der Waals surface area (Å²) < 4.78 is 8.37. The van der Waals surface area contributed by atoms with Crippen molar-refractivity contribution in [3.05, 3.63) is 46.1 Å². The third-order valence-corrected chi connectivity index (χ3v) is 5.50. The molecule has 2 aromatic rings. The molecular formula is C21H30N4O3. The Kier molecular flexibility index (Phi) is 6.21. The minimum absolute atomic E-state index is 0.0667. The van der Waals surface area contributed by atoms with Crippen molar-refractivity contribution in [3.8, 4) is 5.75 Å². The number of piperidine rings is 1. The van der Waals surface area contributed by atoms with Crippen molar-refractivity contribution in [2.75, 3.05) is 20.2 Å². The Morgan fingerprint density at radius 3 is 2.43 bits per heavy atom. The molecule has 7 nitrogen and oxygen atoms in total. The van der Waals surface area contributed by atoms with Crippen molar-refractivity contribution >= 4 is 5.91 Å². The van der Waals surface area contributed by atoms with Gasteiger partial charge in [0.2, 0.25) is 5.91 Å². The Morgan fingerprint density at radius 2 is 1.86 bits per heavy atom. The first kappa shape index (κ1) is 20.2. The lowest BCUT2D eigenvalue weighted by molar-refractivity contribution is -0.132. The van der Waals surface area contributed by atoms with Crippen molar-refractivity contribution < 1.29 is 9.53 Å². The normalized spacial score (nSPS) is 15.2. The van der Waals surface area contributed by atoms with Crippen LogP contribution in [0.1, 0.15) is 56.5 Å². The highest BCUT2D eigenvalue weighted by molar-refractivity contribution is 5.76. The summed E-state index contributed by atoms with van der Waals surface area (Å²) in [5.41, 5.74) is 1.07. The van der Waals surface area contributed by atoms with Crippen molar-refractivity contribution in [1.82, 2.24) is 19.2 Å². The van der Waals surface area contributed by atoms with Crippen LogP contribution in [-0.2, 0) is 18.3 Å². The van der Waals surface area contributed by atoms with Gasteiger partial charge in [-0.3, -0.25) is 9.36 Å². The molecule has 1 aromatic heterocycles. The minimum atomic E-state index is -0.0667. The van der Waals surface area contributed by atoms with Crippen LogP contribution in [0.15, 0.2) is 29.1 Å². The number of hydrogen-bond acceptors (Lipinski definition) is 4. The van der Waals surface area contributed by atoms with Gasteiger partial charge in [-0.1, -0.05) is 12.1 Å². The quantitative estimate of drug-likeness (QED) is 0.765. The van der Waals surface area contributed by atoms with Crippen LogP contribution in [0, 0.1) is 0 Å². The average Bonchev–Trinajstić information content (AvgIpc) is 3.01. The molecule has 0 spiro atoms. The molecule has 2 heterocycles. The summed E-state index contributed by atoms with van der Waals surface area (Å²) in [6.45, 7) is 5.44. The van der Waals surface area contributed by atoms with Crippen LogP contribution in [0.5, 0.6) is 5.75 Å². The summed E-state index contributed by atoms with van der Waals surface area (Å²) in [6, 6.07) is 7.94. The van der Waals surface area contributed by atoms with E-state index in [0.717, 1.165) is 49.5 Å². The first-order chi connectivity index (χ1) is 13.4. The maximum atomic E-state index is 12.6. The van der Waals surface area contributed by atoms with Gasteiger partial charge in [-0.15, -0.1) is 0 Å². The maximum Gasteiger partial charge on any atom is 0.345 e. The second-order valence-electron chi connectivity index (χ2n) is 7.73. The molecular weight excluding hydrogens is 356 g/mol. The standard InChI is InChI=1S/C21H30N4O3/c1-15(2)25-20(22-23(3)21(25)27)17-11-13-24(14-12-17)19(26)10-7-16-5-8-18(28-4)9-6-16/h5-6,8-9,15,17H,7,10-14H2,1-4H3. The summed E-state index contributed by atoms with van der Waals surface area (Å²) in [5, 5.41) is 4.47. The van der Waals surface area contributed by atoms with Crippen LogP contribution in [0.3, 0.4) is 0 Å². The molecule has 152 valence electrons. The number of likely N-dealkylation sites (tertiary alicyclic amines) is 1. The molecule has 0 saturated carbocycles. The third kappa shape index (κ3) is 4.29. The first-order valence-electron chi connectivity index (χ1n) is 9.96. The van der Waals surface area contributed by atoms with Crippen LogP contribution in [-0.4, -0.2) is 45.4 Å². The molecule has 1 fully saturated rings. The Bertz CT molecular complexity index is 859. The highest BCUT2D eigenvalue weighted by Gasteiger charge is 2.28. The van der Waals surface area contributed by atoms with Crippen LogP contribution < -0.4 is 10.4 Å². The number of aryl methyl sites for hydroxylation is 2. The third-order valence-electron chi connectivity index (χ3n) is 5.50. The molecule has 0 atom stereocenters. The van der Waals surface area contributed by atoms with Gasteiger partial charge in [-0.2, -0.15) is 5.10 Å². The van der Waals surface area contributed by atoms with Crippen molar-refractivity contribution in [2.24, 2.45) is 7.05 Å². The van der Waals surface area contributed by atoms with Gasteiger partial charge in [0.25, 0.3) is 0 Å². The Morgan fingerprint density at radius 1 is 1.21 bits per heavy atom. The number of aromatic nitrogens is 3. The predicted octanol–water partition coefficient (Wildman–Crippen LogP) is 2.51. The molecule has 0 bridgehead atoms. The number of benzene rings is 1. The van der Waals surface area contributed by atoms with Gasteiger partial charge in [-0.05, 0) is 50.8 Å². The Labute approximate surface area is 165 Å². The largest absolute Gasteiger partial charge is 0.497 e. The monoisotopic (exact) mass is 386 g/mol. The van der Waals surface area contributed by atoms with Crippen LogP contribution in [0.2, 0.25) is 0 Å². The molecule has 28 heavy (non-hydrogen) atoms. The Balaban J connectivity index is 1.55. The number of amides is 1. The van der Waals surface area contributed by atoms with Gasteiger partial charge >= 0.3 is 5.69 Å². The molecule has 7 heteroatoms. The zero-order valence-electron chi connectivity index (χ0n) is 17.2. The van der Waals surface area contributed by atoms with Gasteiger partial charge in [0.1, 0.15) is 11.6 Å². The van der Waals surface area contributed by atoms with E-state index in [4.69, 9.17) is 4.74 Å². The highest BCUT2D eigenvalue weighted by atomic mass is 16.5. The van der Waals surface area contributed by atoms with Gasteiger partial charge in [0, 0.05) is 38.5 Å². The van der Waals surface area contributed by atoms with E-state index in [0.29, 0.717) is 6.42 Å². The van der Waals surface area contributed by atoms with Crippen LogP contribution >= 0.6 is 0 Å². The molecule has 0 aliphatic carbocycles. The number of nitrogens with zero attached hydrogens (tertiary/aromatic N) is 4. The SMILES string of the molecule is COc1ccc(CCC(=O)N2CCC(c3nn(C)c(=O)n3C(C)C)CC2)cc1. The van der Waals surface area contributed by atoms with Crippen molar-refractivity contribution in [3.63, 3.8) is 0 Å². The van der Waals surface area contributed by atoms with Crippen molar-refractivity contribution in [2.45, 2.75) is 51.5 Å². The average molecular weight is 386 g/mol. The summed E-state index contributed by atoms with van der Waals surface area (Å²) in [5.74, 6) is 2.10. The summed E-state index contributed by atoms with van der Waals surface area (Å²) in [4.78, 5) is 26.8.